The van der Waals surface area contributed by atoms with Crippen molar-refractivity contribution in [1.29, 1.82) is 0 Å². The Balaban J connectivity index is 2.17. The number of sulfonamides is 1. The fourth-order valence-corrected chi connectivity index (χ4v) is 4.83. The number of nitrogens with zero attached hydrogens (tertiary/aromatic N) is 2. The number of morpholine rings is 1. The number of carbonyl (C=O) groups excluding carboxylic acids is 2. The highest BCUT2D eigenvalue weighted by Crippen LogP contribution is 2.22. The molecular formula is C20H30N2O7S. The fourth-order valence-electron chi connectivity index (χ4n) is 3.24. The second kappa shape index (κ2) is 10.9. The highest BCUT2D eigenvalue weighted by Gasteiger charge is 2.32. The van der Waals surface area contributed by atoms with Gasteiger partial charge in [0.2, 0.25) is 10.0 Å². The number of benzene rings is 1. The van der Waals surface area contributed by atoms with Gasteiger partial charge in [-0.05, 0) is 45.0 Å². The summed E-state index contributed by atoms with van der Waals surface area (Å²) in [6.07, 6.45) is -0.386. The second-order valence-corrected chi connectivity index (χ2v) is 9.07. The summed E-state index contributed by atoms with van der Waals surface area (Å²) in [5.41, 5.74) is 0.276. The molecule has 0 bridgehead atoms. The van der Waals surface area contributed by atoms with Crippen molar-refractivity contribution in [3.05, 3.63) is 29.8 Å². The monoisotopic (exact) mass is 442 g/mol. The van der Waals surface area contributed by atoms with E-state index in [9.17, 15) is 18.0 Å². The molecular weight excluding hydrogens is 412 g/mol. The van der Waals surface area contributed by atoms with Crippen molar-refractivity contribution in [2.45, 2.75) is 37.9 Å². The third kappa shape index (κ3) is 6.24. The molecule has 0 N–H and O–H groups in total. The number of amides is 1. The zero-order chi connectivity index (χ0) is 22.3. The van der Waals surface area contributed by atoms with Gasteiger partial charge < -0.3 is 19.1 Å². The summed E-state index contributed by atoms with van der Waals surface area (Å²) >= 11 is 0. The Kier molecular flexibility index (Phi) is 8.78. The van der Waals surface area contributed by atoms with E-state index in [0.717, 1.165) is 0 Å². The first-order chi connectivity index (χ1) is 14.2. The summed E-state index contributed by atoms with van der Waals surface area (Å²) in [6.45, 7) is 6.37. The van der Waals surface area contributed by atoms with Gasteiger partial charge in [-0.3, -0.25) is 9.59 Å². The maximum atomic E-state index is 12.9. The molecule has 2 unspecified atom stereocenters. The standard InChI is InChI=1S/C20H30N2O7S/c1-5-28-19(23)14-21(10-11-27-4)20(24)17-6-8-18(9-7-17)30(25,26)22-12-15(2)29-16(3)13-22/h6-9,15-16H,5,10-14H2,1-4H3. The molecule has 0 aromatic heterocycles. The number of methoxy groups -OCH3 is 1. The molecule has 1 aliphatic heterocycles. The van der Waals surface area contributed by atoms with E-state index in [4.69, 9.17) is 14.2 Å². The Labute approximate surface area is 177 Å². The molecule has 1 aromatic carbocycles. The SMILES string of the molecule is CCOC(=O)CN(CCOC)C(=O)c1ccc(S(=O)(=O)N2CC(C)OC(C)C2)cc1. The van der Waals surface area contributed by atoms with Crippen LogP contribution in [0, 0.1) is 0 Å². The van der Waals surface area contributed by atoms with E-state index in [-0.39, 0.29) is 62.1 Å². The lowest BCUT2D eigenvalue weighted by molar-refractivity contribution is -0.143. The summed E-state index contributed by atoms with van der Waals surface area (Å²) in [5.74, 6) is -0.922. The minimum Gasteiger partial charge on any atom is -0.465 e. The van der Waals surface area contributed by atoms with Crippen LogP contribution in [-0.4, -0.2) is 88.2 Å². The van der Waals surface area contributed by atoms with Crippen LogP contribution in [0.2, 0.25) is 0 Å². The van der Waals surface area contributed by atoms with E-state index in [1.54, 1.807) is 6.92 Å². The smallest absolute Gasteiger partial charge is 0.325 e. The number of esters is 1. The van der Waals surface area contributed by atoms with E-state index in [0.29, 0.717) is 0 Å². The van der Waals surface area contributed by atoms with E-state index in [2.05, 4.69) is 0 Å². The summed E-state index contributed by atoms with van der Waals surface area (Å²) in [6, 6.07) is 5.72. The molecule has 168 valence electrons. The molecule has 0 saturated carbocycles. The Morgan fingerprint density at radius 1 is 1.17 bits per heavy atom. The van der Waals surface area contributed by atoms with E-state index in [1.165, 1.54) is 40.6 Å². The predicted molar refractivity (Wildman–Crippen MR) is 110 cm³/mol. The van der Waals surface area contributed by atoms with Gasteiger partial charge in [0.1, 0.15) is 6.54 Å². The number of carbonyl (C=O) groups is 2. The van der Waals surface area contributed by atoms with Crippen LogP contribution in [0.5, 0.6) is 0 Å². The molecule has 1 saturated heterocycles. The topological polar surface area (TPSA) is 102 Å². The number of hydrogen-bond donors (Lipinski definition) is 0. The molecule has 1 aromatic rings. The lowest BCUT2D eigenvalue weighted by Gasteiger charge is -2.34. The van der Waals surface area contributed by atoms with Crippen molar-refractivity contribution >= 4 is 21.9 Å². The van der Waals surface area contributed by atoms with Crippen molar-refractivity contribution in [3.8, 4) is 0 Å². The van der Waals surface area contributed by atoms with Gasteiger partial charge in [0.05, 0.1) is 30.3 Å². The molecule has 1 heterocycles. The maximum Gasteiger partial charge on any atom is 0.325 e. The summed E-state index contributed by atoms with van der Waals surface area (Å²) in [7, 11) is -2.20. The van der Waals surface area contributed by atoms with Crippen molar-refractivity contribution in [2.75, 3.05) is 46.5 Å². The Morgan fingerprint density at radius 3 is 2.30 bits per heavy atom. The molecule has 9 nitrogen and oxygen atoms in total. The molecule has 0 aliphatic carbocycles. The minimum absolute atomic E-state index is 0.106. The van der Waals surface area contributed by atoms with E-state index in [1.807, 2.05) is 13.8 Å². The summed E-state index contributed by atoms with van der Waals surface area (Å²) in [5, 5.41) is 0. The van der Waals surface area contributed by atoms with Gasteiger partial charge in [-0.1, -0.05) is 0 Å². The first kappa shape index (κ1) is 24.3. The summed E-state index contributed by atoms with van der Waals surface area (Å²) in [4.78, 5) is 26.1. The normalized spacial score (nSPS) is 20.0. The molecule has 1 aliphatic rings. The molecule has 0 radical (unpaired) electrons. The van der Waals surface area contributed by atoms with Gasteiger partial charge in [0.15, 0.2) is 0 Å². The quantitative estimate of drug-likeness (QED) is 0.528. The highest BCUT2D eigenvalue weighted by molar-refractivity contribution is 7.89. The molecule has 1 amide bonds. The lowest BCUT2D eigenvalue weighted by Crippen LogP contribution is -2.48. The number of hydrogen-bond acceptors (Lipinski definition) is 7. The predicted octanol–water partition coefficient (Wildman–Crippen LogP) is 1.14. The zero-order valence-corrected chi connectivity index (χ0v) is 18.7. The lowest BCUT2D eigenvalue weighted by atomic mass is 10.2. The minimum atomic E-state index is -3.70. The second-order valence-electron chi connectivity index (χ2n) is 7.13. The molecule has 2 rings (SSSR count). The molecule has 0 spiro atoms. The maximum absolute atomic E-state index is 12.9. The number of ether oxygens (including phenoxy) is 3. The van der Waals surface area contributed by atoms with Crippen molar-refractivity contribution in [2.24, 2.45) is 0 Å². The fraction of sp³-hybridized carbons (Fsp3) is 0.600. The van der Waals surface area contributed by atoms with Crippen LogP contribution >= 0.6 is 0 Å². The van der Waals surface area contributed by atoms with Crippen LogP contribution < -0.4 is 0 Å². The van der Waals surface area contributed by atoms with E-state index >= 15 is 0 Å². The Hall–Kier alpha value is -2.01. The van der Waals surface area contributed by atoms with Crippen molar-refractivity contribution in [3.63, 3.8) is 0 Å². The van der Waals surface area contributed by atoms with Crippen molar-refractivity contribution in [1.82, 2.24) is 9.21 Å². The van der Waals surface area contributed by atoms with Crippen LogP contribution in [0.1, 0.15) is 31.1 Å². The largest absolute Gasteiger partial charge is 0.465 e. The first-order valence-electron chi connectivity index (χ1n) is 9.88. The third-order valence-corrected chi connectivity index (χ3v) is 6.45. The van der Waals surface area contributed by atoms with Gasteiger partial charge in [0.25, 0.3) is 5.91 Å². The number of rotatable bonds is 9. The molecule has 2 atom stereocenters. The third-order valence-electron chi connectivity index (χ3n) is 4.60. The van der Waals surface area contributed by atoms with E-state index < -0.39 is 21.9 Å². The molecule has 30 heavy (non-hydrogen) atoms. The Bertz CT molecular complexity index is 816. The van der Waals surface area contributed by atoms with Gasteiger partial charge in [-0.25, -0.2) is 8.42 Å². The zero-order valence-electron chi connectivity index (χ0n) is 17.9. The summed E-state index contributed by atoms with van der Waals surface area (Å²) < 4.78 is 42.8. The average molecular weight is 443 g/mol. The molecule has 1 fully saturated rings. The first-order valence-corrected chi connectivity index (χ1v) is 11.3. The van der Waals surface area contributed by atoms with Crippen LogP contribution in [0.15, 0.2) is 29.2 Å². The van der Waals surface area contributed by atoms with Crippen LogP contribution in [0.4, 0.5) is 0 Å². The Morgan fingerprint density at radius 2 is 1.77 bits per heavy atom. The van der Waals surface area contributed by atoms with Gasteiger partial charge in [0, 0.05) is 32.3 Å². The molecule has 10 heteroatoms. The van der Waals surface area contributed by atoms with Crippen molar-refractivity contribution < 1.29 is 32.2 Å². The van der Waals surface area contributed by atoms with Gasteiger partial charge in [-0.2, -0.15) is 4.31 Å². The van der Waals surface area contributed by atoms with Crippen LogP contribution in [-0.2, 0) is 29.0 Å². The van der Waals surface area contributed by atoms with Gasteiger partial charge >= 0.3 is 5.97 Å². The average Bonchev–Trinajstić information content (AvgIpc) is 2.70. The van der Waals surface area contributed by atoms with Gasteiger partial charge in [-0.15, -0.1) is 0 Å². The van der Waals surface area contributed by atoms with Crippen LogP contribution in [0.3, 0.4) is 0 Å². The van der Waals surface area contributed by atoms with Crippen LogP contribution in [0.25, 0.3) is 0 Å². The highest BCUT2D eigenvalue weighted by atomic mass is 32.2.